The molecule has 1 aliphatic rings. The molecule has 1 atom stereocenters. The van der Waals surface area contributed by atoms with E-state index in [2.05, 4.69) is 5.32 Å². The highest BCUT2D eigenvalue weighted by Gasteiger charge is 2.46. The minimum atomic E-state index is -1.01. The minimum absolute atomic E-state index is 0.144. The van der Waals surface area contributed by atoms with Crippen LogP contribution in [0.1, 0.15) is 34.0 Å². The molecule has 3 aromatic rings. The number of rotatable bonds is 5. The van der Waals surface area contributed by atoms with E-state index in [9.17, 15) is 9.59 Å². The quantitative estimate of drug-likeness (QED) is 0.657. The Bertz CT molecular complexity index is 1080. The van der Waals surface area contributed by atoms with E-state index < -0.39 is 5.54 Å². The standard InChI is InChI=1S/C25H23ClN2O2/c1-25(24(30)27-16-18-8-3-2-4-9-18)15-20-11-5-6-13-22(20)23(29)28(25)17-19-10-7-12-21(26)14-19/h2-14H,15-17H2,1H3,(H,27,30)/t25-/m0/s1. The summed E-state index contributed by atoms with van der Waals surface area (Å²) in [6.45, 7) is 2.56. The second kappa shape index (κ2) is 8.33. The Hall–Kier alpha value is -3.11. The summed E-state index contributed by atoms with van der Waals surface area (Å²) in [4.78, 5) is 28.5. The fraction of sp³-hybridized carbons (Fsp3) is 0.200. The predicted molar refractivity (Wildman–Crippen MR) is 118 cm³/mol. The smallest absolute Gasteiger partial charge is 0.255 e. The summed E-state index contributed by atoms with van der Waals surface area (Å²) in [5.41, 5.74) is 2.42. The van der Waals surface area contributed by atoms with Gasteiger partial charge in [0.25, 0.3) is 5.91 Å². The van der Waals surface area contributed by atoms with E-state index in [1.807, 2.05) is 79.7 Å². The van der Waals surface area contributed by atoms with Gasteiger partial charge in [-0.05, 0) is 41.8 Å². The number of benzene rings is 3. The molecule has 0 saturated carbocycles. The van der Waals surface area contributed by atoms with Crippen molar-refractivity contribution >= 4 is 23.4 Å². The lowest BCUT2D eigenvalue weighted by atomic mass is 9.82. The molecule has 4 nitrogen and oxygen atoms in total. The van der Waals surface area contributed by atoms with Crippen molar-refractivity contribution in [2.45, 2.75) is 32.0 Å². The van der Waals surface area contributed by atoms with Crippen LogP contribution >= 0.6 is 11.6 Å². The minimum Gasteiger partial charge on any atom is -0.350 e. The van der Waals surface area contributed by atoms with Crippen LogP contribution in [-0.2, 0) is 24.3 Å². The number of halogens is 1. The molecule has 0 bridgehead atoms. The van der Waals surface area contributed by atoms with Gasteiger partial charge in [-0.15, -0.1) is 0 Å². The lowest BCUT2D eigenvalue weighted by molar-refractivity contribution is -0.132. The van der Waals surface area contributed by atoms with Gasteiger partial charge in [-0.3, -0.25) is 9.59 Å². The van der Waals surface area contributed by atoms with E-state index in [0.29, 0.717) is 30.1 Å². The maximum absolute atomic E-state index is 13.4. The molecule has 30 heavy (non-hydrogen) atoms. The molecule has 0 fully saturated rings. The van der Waals surface area contributed by atoms with Crippen molar-refractivity contribution in [2.75, 3.05) is 0 Å². The van der Waals surface area contributed by atoms with E-state index in [1.54, 1.807) is 11.0 Å². The highest BCUT2D eigenvalue weighted by atomic mass is 35.5. The average molecular weight is 419 g/mol. The van der Waals surface area contributed by atoms with Crippen molar-refractivity contribution in [1.29, 1.82) is 0 Å². The molecular weight excluding hydrogens is 396 g/mol. The van der Waals surface area contributed by atoms with Crippen LogP contribution in [0.15, 0.2) is 78.9 Å². The second-order valence-corrected chi connectivity index (χ2v) is 8.23. The maximum atomic E-state index is 13.4. The highest BCUT2D eigenvalue weighted by Crippen LogP contribution is 2.33. The van der Waals surface area contributed by atoms with Crippen molar-refractivity contribution in [3.8, 4) is 0 Å². The molecule has 1 heterocycles. The lowest BCUT2D eigenvalue weighted by Gasteiger charge is -2.44. The summed E-state index contributed by atoms with van der Waals surface area (Å²) in [6.07, 6.45) is 0.454. The number of nitrogens with one attached hydrogen (secondary N) is 1. The fourth-order valence-electron chi connectivity index (χ4n) is 3.95. The Balaban J connectivity index is 1.66. The molecule has 0 aliphatic carbocycles. The zero-order valence-corrected chi connectivity index (χ0v) is 17.5. The summed E-state index contributed by atoms with van der Waals surface area (Å²) in [5.74, 6) is -0.314. The number of hydrogen-bond acceptors (Lipinski definition) is 2. The van der Waals surface area contributed by atoms with Crippen LogP contribution in [0.2, 0.25) is 5.02 Å². The lowest BCUT2D eigenvalue weighted by Crippen LogP contribution is -2.62. The first-order valence-corrected chi connectivity index (χ1v) is 10.3. The van der Waals surface area contributed by atoms with Crippen molar-refractivity contribution < 1.29 is 9.59 Å². The molecule has 4 rings (SSSR count). The molecule has 0 unspecified atom stereocenters. The SMILES string of the molecule is C[C@@]1(C(=O)NCc2ccccc2)Cc2ccccc2C(=O)N1Cc1cccc(Cl)c1. The summed E-state index contributed by atoms with van der Waals surface area (Å²) in [7, 11) is 0. The first kappa shape index (κ1) is 20.2. The van der Waals surface area contributed by atoms with Gasteiger partial charge in [0, 0.05) is 30.1 Å². The molecule has 0 saturated heterocycles. The normalized spacial score (nSPS) is 18.1. The number of fused-ring (bicyclic) bond motifs is 1. The number of amides is 2. The van der Waals surface area contributed by atoms with Crippen molar-refractivity contribution in [3.05, 3.63) is 106 Å². The number of hydrogen-bond donors (Lipinski definition) is 1. The van der Waals surface area contributed by atoms with Gasteiger partial charge >= 0.3 is 0 Å². The van der Waals surface area contributed by atoms with Gasteiger partial charge in [0.05, 0.1) is 0 Å². The van der Waals surface area contributed by atoms with Crippen molar-refractivity contribution in [1.82, 2.24) is 10.2 Å². The highest BCUT2D eigenvalue weighted by molar-refractivity contribution is 6.30. The fourth-order valence-corrected chi connectivity index (χ4v) is 4.17. The van der Waals surface area contributed by atoms with Gasteiger partial charge in [0.15, 0.2) is 0 Å². The van der Waals surface area contributed by atoms with Crippen molar-refractivity contribution in [2.24, 2.45) is 0 Å². The van der Waals surface area contributed by atoms with Crippen LogP contribution in [-0.4, -0.2) is 22.3 Å². The van der Waals surface area contributed by atoms with Crippen LogP contribution in [0.3, 0.4) is 0 Å². The average Bonchev–Trinajstić information content (AvgIpc) is 2.76. The zero-order chi connectivity index (χ0) is 21.1. The van der Waals surface area contributed by atoms with Crippen LogP contribution in [0.4, 0.5) is 0 Å². The number of carbonyl (C=O) groups excluding carboxylic acids is 2. The Morgan fingerprint density at radius 3 is 2.47 bits per heavy atom. The van der Waals surface area contributed by atoms with Crippen LogP contribution in [0, 0.1) is 0 Å². The Morgan fingerprint density at radius 2 is 1.70 bits per heavy atom. The molecule has 1 aliphatic heterocycles. The molecule has 5 heteroatoms. The molecule has 0 radical (unpaired) electrons. The summed E-state index contributed by atoms with van der Waals surface area (Å²) < 4.78 is 0. The van der Waals surface area contributed by atoms with Gasteiger partial charge in [-0.25, -0.2) is 0 Å². The Labute approximate surface area is 181 Å². The number of nitrogens with zero attached hydrogens (tertiary/aromatic N) is 1. The Morgan fingerprint density at radius 1 is 1.00 bits per heavy atom. The molecule has 1 N–H and O–H groups in total. The molecule has 152 valence electrons. The van der Waals surface area contributed by atoms with Gasteiger partial charge < -0.3 is 10.2 Å². The van der Waals surface area contributed by atoms with E-state index in [1.165, 1.54) is 0 Å². The molecule has 0 spiro atoms. The third-order valence-electron chi connectivity index (χ3n) is 5.64. The topological polar surface area (TPSA) is 49.4 Å². The first-order chi connectivity index (χ1) is 14.5. The second-order valence-electron chi connectivity index (χ2n) is 7.80. The summed E-state index contributed by atoms with van der Waals surface area (Å²) in [5, 5.41) is 3.63. The molecule has 2 amide bonds. The first-order valence-electron chi connectivity index (χ1n) is 9.94. The van der Waals surface area contributed by atoms with E-state index in [0.717, 1.165) is 16.7 Å². The van der Waals surface area contributed by atoms with Crippen LogP contribution in [0.5, 0.6) is 0 Å². The number of carbonyl (C=O) groups is 2. The van der Waals surface area contributed by atoms with Crippen LogP contribution < -0.4 is 5.32 Å². The molecule has 3 aromatic carbocycles. The zero-order valence-electron chi connectivity index (χ0n) is 16.8. The van der Waals surface area contributed by atoms with E-state index in [4.69, 9.17) is 11.6 Å². The Kier molecular flexibility index (Phi) is 5.60. The third-order valence-corrected chi connectivity index (χ3v) is 5.87. The van der Waals surface area contributed by atoms with Gasteiger partial charge in [-0.1, -0.05) is 72.3 Å². The maximum Gasteiger partial charge on any atom is 0.255 e. The van der Waals surface area contributed by atoms with E-state index >= 15 is 0 Å². The van der Waals surface area contributed by atoms with Crippen LogP contribution in [0.25, 0.3) is 0 Å². The van der Waals surface area contributed by atoms with Crippen molar-refractivity contribution in [3.63, 3.8) is 0 Å². The molecular formula is C25H23ClN2O2. The van der Waals surface area contributed by atoms with Gasteiger partial charge in [0.2, 0.25) is 5.91 Å². The van der Waals surface area contributed by atoms with Gasteiger partial charge in [0.1, 0.15) is 5.54 Å². The third kappa shape index (κ3) is 3.96. The monoisotopic (exact) mass is 418 g/mol. The van der Waals surface area contributed by atoms with Gasteiger partial charge in [-0.2, -0.15) is 0 Å². The summed E-state index contributed by atoms with van der Waals surface area (Å²) >= 11 is 6.15. The summed E-state index contributed by atoms with van der Waals surface area (Å²) in [6, 6.07) is 24.7. The largest absolute Gasteiger partial charge is 0.350 e. The predicted octanol–water partition coefficient (Wildman–Crippen LogP) is 4.61. The molecule has 0 aromatic heterocycles. The van der Waals surface area contributed by atoms with E-state index in [-0.39, 0.29) is 11.8 Å².